The minimum absolute atomic E-state index is 0.0667. The SMILES string of the molecule is CC(=O)NC(N)=NCCC[C@H](N)C(=O)NCC(=O)N[C@H](C(=O)N[C@H](C(=O)NCC(=O)N[C@@H](CC(C)C)C(=O)NCC(=O)N[C@@H](CC(C)C)C(=O)NCC(=O)N[C@@H](CCCCN)C(N)=O)C(C)C)C(C)C. The van der Waals surface area contributed by atoms with Crippen molar-refractivity contribution in [2.24, 2.45) is 51.6 Å². The fraction of sp³-hybridized carbons (Fsp3) is 0.727. The van der Waals surface area contributed by atoms with Gasteiger partial charge < -0.3 is 70.8 Å². The highest BCUT2D eigenvalue weighted by molar-refractivity contribution is 5.97. The van der Waals surface area contributed by atoms with Crippen LogP contribution in [0.25, 0.3) is 0 Å². The highest BCUT2D eigenvalue weighted by atomic mass is 16.2. The van der Waals surface area contributed by atoms with E-state index in [9.17, 15) is 52.7 Å². The number of carbonyl (C=O) groups is 11. The number of unbranched alkanes of at least 4 members (excludes halogenated alkanes) is 1. The Morgan fingerprint density at radius 2 is 0.900 bits per heavy atom. The van der Waals surface area contributed by atoms with Crippen molar-refractivity contribution in [3.05, 3.63) is 0 Å². The Labute approximate surface area is 410 Å². The van der Waals surface area contributed by atoms with Gasteiger partial charge in [-0.1, -0.05) is 55.4 Å². The Morgan fingerprint density at radius 3 is 1.31 bits per heavy atom. The van der Waals surface area contributed by atoms with Gasteiger partial charge in [0, 0.05) is 13.5 Å². The largest absolute Gasteiger partial charge is 0.370 e. The molecule has 0 aliphatic rings. The van der Waals surface area contributed by atoms with Gasteiger partial charge in [0.05, 0.1) is 32.2 Å². The molecule has 0 rings (SSSR count). The Hall–Kier alpha value is -6.44. The fourth-order valence-corrected chi connectivity index (χ4v) is 6.48. The Bertz CT molecular complexity index is 1810. The Kier molecular flexibility index (Phi) is 30.8. The van der Waals surface area contributed by atoms with Gasteiger partial charge in [-0.15, -0.1) is 0 Å². The Morgan fingerprint density at radius 1 is 0.486 bits per heavy atom. The highest BCUT2D eigenvalue weighted by Crippen LogP contribution is 2.09. The smallest absolute Gasteiger partial charge is 0.243 e. The normalized spacial score (nSPS) is 14.0. The van der Waals surface area contributed by atoms with E-state index in [-0.39, 0.29) is 55.9 Å². The third-order valence-electron chi connectivity index (χ3n) is 10.1. The summed E-state index contributed by atoms with van der Waals surface area (Å²) in [5, 5.41) is 24.9. The molecule has 11 amide bonds. The van der Waals surface area contributed by atoms with Crippen LogP contribution in [0.15, 0.2) is 4.99 Å². The minimum Gasteiger partial charge on any atom is -0.370 e. The van der Waals surface area contributed by atoms with Crippen LogP contribution in [-0.2, 0) is 52.7 Å². The lowest BCUT2D eigenvalue weighted by Gasteiger charge is -2.27. The van der Waals surface area contributed by atoms with E-state index in [2.05, 4.69) is 58.2 Å². The van der Waals surface area contributed by atoms with Crippen LogP contribution in [0.2, 0.25) is 0 Å². The van der Waals surface area contributed by atoms with Crippen molar-refractivity contribution in [3.8, 4) is 0 Å². The molecule has 26 heteroatoms. The average molecular weight is 996 g/mol. The number of aliphatic imine (C=N–C) groups is 1. The first kappa shape index (κ1) is 63.6. The molecule has 18 N–H and O–H groups in total. The van der Waals surface area contributed by atoms with Gasteiger partial charge >= 0.3 is 0 Å². The molecule has 0 bridgehead atoms. The van der Waals surface area contributed by atoms with Crippen LogP contribution in [0.3, 0.4) is 0 Å². The lowest BCUT2D eigenvalue weighted by Crippen LogP contribution is -2.58. The summed E-state index contributed by atoms with van der Waals surface area (Å²) in [5.41, 5.74) is 22.3. The van der Waals surface area contributed by atoms with Crippen LogP contribution in [0.5, 0.6) is 0 Å². The van der Waals surface area contributed by atoms with Crippen molar-refractivity contribution < 1.29 is 52.7 Å². The molecule has 0 spiro atoms. The quantitative estimate of drug-likeness (QED) is 0.0167. The zero-order valence-corrected chi connectivity index (χ0v) is 42.2. The number of carbonyl (C=O) groups excluding carboxylic acids is 11. The molecule has 0 saturated carbocycles. The van der Waals surface area contributed by atoms with E-state index in [1.54, 1.807) is 41.5 Å². The summed E-state index contributed by atoms with van der Waals surface area (Å²) in [5.74, 6) is -8.61. The molecule has 70 heavy (non-hydrogen) atoms. The number of hydrogen-bond donors (Lipinski definition) is 14. The van der Waals surface area contributed by atoms with Gasteiger partial charge in [-0.05, 0) is 75.2 Å². The molecular formula is C44H81N15O11. The van der Waals surface area contributed by atoms with Gasteiger partial charge in [-0.2, -0.15) is 0 Å². The van der Waals surface area contributed by atoms with E-state index in [1.165, 1.54) is 6.92 Å². The summed E-state index contributed by atoms with van der Waals surface area (Å²) >= 11 is 0. The van der Waals surface area contributed by atoms with Crippen LogP contribution < -0.4 is 76.1 Å². The summed E-state index contributed by atoms with van der Waals surface area (Å²) in [4.78, 5) is 144. The van der Waals surface area contributed by atoms with Crippen LogP contribution in [0.1, 0.15) is 107 Å². The van der Waals surface area contributed by atoms with Gasteiger partial charge in [-0.25, -0.2) is 0 Å². The van der Waals surface area contributed by atoms with E-state index in [4.69, 9.17) is 22.9 Å². The summed E-state index contributed by atoms with van der Waals surface area (Å²) in [6, 6.07) is -6.44. The number of guanidine groups is 1. The molecule has 0 saturated heterocycles. The second-order valence-electron chi connectivity index (χ2n) is 18.4. The molecular weight excluding hydrogens is 915 g/mol. The van der Waals surface area contributed by atoms with E-state index >= 15 is 0 Å². The van der Waals surface area contributed by atoms with Crippen LogP contribution in [0, 0.1) is 23.7 Å². The first-order valence-corrected chi connectivity index (χ1v) is 23.6. The first-order valence-electron chi connectivity index (χ1n) is 23.6. The maximum absolute atomic E-state index is 13.4. The maximum Gasteiger partial charge on any atom is 0.243 e. The number of rotatable bonds is 33. The van der Waals surface area contributed by atoms with E-state index in [1.807, 2.05) is 13.8 Å². The molecule has 398 valence electrons. The molecule has 0 heterocycles. The minimum atomic E-state index is -1.16. The molecule has 0 fully saturated rings. The molecule has 0 aliphatic heterocycles. The molecule has 0 aliphatic carbocycles. The van der Waals surface area contributed by atoms with Gasteiger partial charge in [0.15, 0.2) is 5.96 Å². The Balaban J connectivity index is 5.37. The molecule has 0 unspecified atom stereocenters. The standard InChI is InChI=1S/C44H81N15O11/c1-23(2)17-30(40(67)51-19-32(61)55-29(38(47)65)14-10-11-15-45)56-33(62)20-52-41(68)31(18-24(3)4)57-34(63)21-53-42(69)36(25(5)6)59-43(70)37(26(7)8)58-35(64)22-50-39(66)28(46)13-12-16-49-44(48)54-27(9)60/h23-26,28-31,36-37H,10-22,45-46H2,1-9H3,(H2,47,65)(H,50,66)(H,51,67)(H,52,68)(H,53,69)(H,55,61)(H,56,62)(H,57,63)(H,58,64)(H,59,70)(H3,48,49,54,60)/t28-,29-,30-,31-,36-,37-/m0/s1. The van der Waals surface area contributed by atoms with E-state index in [0.29, 0.717) is 25.8 Å². The third-order valence-corrected chi connectivity index (χ3v) is 10.1. The van der Waals surface area contributed by atoms with E-state index in [0.717, 1.165) is 0 Å². The van der Waals surface area contributed by atoms with Crippen molar-refractivity contribution >= 4 is 70.9 Å². The third kappa shape index (κ3) is 28.1. The lowest BCUT2D eigenvalue weighted by molar-refractivity contribution is -0.134. The predicted molar refractivity (Wildman–Crippen MR) is 260 cm³/mol. The van der Waals surface area contributed by atoms with Crippen LogP contribution >= 0.6 is 0 Å². The zero-order chi connectivity index (χ0) is 53.7. The summed E-state index contributed by atoms with van der Waals surface area (Å²) < 4.78 is 0. The van der Waals surface area contributed by atoms with Gasteiger partial charge in [0.1, 0.15) is 30.2 Å². The number of nitrogens with two attached hydrogens (primary N) is 4. The number of amides is 11. The maximum atomic E-state index is 13.4. The summed E-state index contributed by atoms with van der Waals surface area (Å²) in [6.07, 6.45) is 2.35. The average Bonchev–Trinajstić information content (AvgIpc) is 3.26. The molecule has 6 atom stereocenters. The number of hydrogen-bond acceptors (Lipinski definition) is 14. The van der Waals surface area contributed by atoms with Crippen molar-refractivity contribution in [3.63, 3.8) is 0 Å². The fourth-order valence-electron chi connectivity index (χ4n) is 6.48. The van der Waals surface area contributed by atoms with Crippen LogP contribution in [0.4, 0.5) is 0 Å². The molecule has 0 aromatic rings. The van der Waals surface area contributed by atoms with Crippen molar-refractivity contribution in [2.45, 2.75) is 144 Å². The van der Waals surface area contributed by atoms with E-state index < -0.39 is 133 Å². The second kappa shape index (κ2) is 34.0. The molecule has 26 nitrogen and oxygen atoms in total. The van der Waals surface area contributed by atoms with Gasteiger partial charge in [-0.3, -0.25) is 63.0 Å². The lowest BCUT2D eigenvalue weighted by atomic mass is 9.99. The molecule has 0 radical (unpaired) electrons. The first-order chi connectivity index (χ1) is 32.7. The molecule has 0 aromatic carbocycles. The number of primary amides is 1. The number of nitrogens with one attached hydrogen (secondary N) is 10. The topological polar surface area (TPSA) is 425 Å². The zero-order valence-electron chi connectivity index (χ0n) is 42.2. The second-order valence-corrected chi connectivity index (χ2v) is 18.4. The number of nitrogens with zero attached hydrogens (tertiary/aromatic N) is 1. The predicted octanol–water partition coefficient (Wildman–Crippen LogP) is -4.55. The van der Waals surface area contributed by atoms with Gasteiger partial charge in [0.2, 0.25) is 65.0 Å². The van der Waals surface area contributed by atoms with Gasteiger partial charge in [0.25, 0.3) is 0 Å². The summed E-state index contributed by atoms with van der Waals surface area (Å²) in [6.45, 7) is 13.6. The molecule has 0 aromatic heterocycles. The summed E-state index contributed by atoms with van der Waals surface area (Å²) in [7, 11) is 0. The van der Waals surface area contributed by atoms with Crippen molar-refractivity contribution in [1.29, 1.82) is 0 Å². The van der Waals surface area contributed by atoms with Crippen LogP contribution in [-0.4, -0.2) is 146 Å². The van der Waals surface area contributed by atoms with Crippen molar-refractivity contribution in [2.75, 3.05) is 39.3 Å². The highest BCUT2D eigenvalue weighted by Gasteiger charge is 2.32. The van der Waals surface area contributed by atoms with Crippen molar-refractivity contribution in [1.82, 2.24) is 53.2 Å². The monoisotopic (exact) mass is 996 g/mol.